The first-order chi connectivity index (χ1) is 11.4. The molecule has 1 heterocycles. The highest BCUT2D eigenvalue weighted by atomic mass is 16.5. The van der Waals surface area contributed by atoms with E-state index in [1.54, 1.807) is 19.2 Å². The van der Waals surface area contributed by atoms with Crippen LogP contribution in [-0.2, 0) is 0 Å². The van der Waals surface area contributed by atoms with E-state index in [0.29, 0.717) is 29.2 Å². The summed E-state index contributed by atoms with van der Waals surface area (Å²) >= 11 is 0. The van der Waals surface area contributed by atoms with Gasteiger partial charge in [0.15, 0.2) is 5.82 Å². The Labute approximate surface area is 142 Å². The minimum Gasteiger partial charge on any atom is -0.458 e. The highest BCUT2D eigenvalue weighted by Crippen LogP contribution is 2.28. The topological polar surface area (TPSA) is 84.9 Å². The zero-order valence-electron chi connectivity index (χ0n) is 14.3. The summed E-state index contributed by atoms with van der Waals surface area (Å²) in [7, 11) is 0. The second kappa shape index (κ2) is 7.64. The summed E-state index contributed by atoms with van der Waals surface area (Å²) in [6, 6.07) is 2.14. The predicted molar refractivity (Wildman–Crippen MR) is 96.9 cm³/mol. The number of nitrogens with two attached hydrogens (primary N) is 1. The van der Waals surface area contributed by atoms with Crippen LogP contribution in [0, 0.1) is 12.3 Å². The molecule has 0 aromatic carbocycles. The van der Waals surface area contributed by atoms with E-state index in [4.69, 9.17) is 16.9 Å². The van der Waals surface area contributed by atoms with Gasteiger partial charge in [0.05, 0.1) is 0 Å². The van der Waals surface area contributed by atoms with Crippen LogP contribution in [0.1, 0.15) is 50.8 Å². The molecule has 2 rings (SSSR count). The summed E-state index contributed by atoms with van der Waals surface area (Å²) in [6.45, 7) is 9.36. The van der Waals surface area contributed by atoms with Gasteiger partial charge in [-0.25, -0.2) is 9.98 Å². The highest BCUT2D eigenvalue weighted by Gasteiger charge is 2.22. The Balaban J connectivity index is 2.26. The fourth-order valence-electron chi connectivity index (χ4n) is 1.98. The molecule has 24 heavy (non-hydrogen) atoms. The summed E-state index contributed by atoms with van der Waals surface area (Å²) < 4.78 is 5.90. The van der Waals surface area contributed by atoms with Gasteiger partial charge in [-0.3, -0.25) is 0 Å². The van der Waals surface area contributed by atoms with Crippen LogP contribution in [0.15, 0.2) is 33.8 Å². The predicted octanol–water partition coefficient (Wildman–Crippen LogP) is 2.52. The maximum Gasteiger partial charge on any atom is 0.224 e. The number of hydrogen-bond donors (Lipinski definition) is 2. The number of aliphatic imine (C=N–C) groups is 2. The van der Waals surface area contributed by atoms with Crippen molar-refractivity contribution >= 4 is 12.7 Å². The van der Waals surface area contributed by atoms with Gasteiger partial charge in [0.1, 0.15) is 17.2 Å². The lowest BCUT2D eigenvalue weighted by molar-refractivity contribution is 0.411. The van der Waals surface area contributed by atoms with Crippen molar-refractivity contribution in [3.63, 3.8) is 0 Å². The van der Waals surface area contributed by atoms with Crippen LogP contribution in [0.4, 0.5) is 0 Å². The molecule has 126 valence electrons. The molecule has 0 bridgehead atoms. The molecule has 0 spiro atoms. The van der Waals surface area contributed by atoms with E-state index in [0.717, 1.165) is 18.4 Å². The second-order valence-electron chi connectivity index (χ2n) is 5.96. The van der Waals surface area contributed by atoms with Gasteiger partial charge >= 0.3 is 0 Å². The number of ether oxygens (including phenoxy) is 1. The van der Waals surface area contributed by atoms with Crippen molar-refractivity contribution in [1.29, 1.82) is 0 Å². The van der Waals surface area contributed by atoms with Crippen molar-refractivity contribution in [3.05, 3.63) is 35.1 Å². The molecule has 1 aliphatic rings. The number of terminal acetylenes is 1. The molecule has 1 fully saturated rings. The molecule has 1 aliphatic carbocycles. The van der Waals surface area contributed by atoms with Crippen LogP contribution < -0.4 is 15.8 Å². The molecular formula is C18H23N5O. The van der Waals surface area contributed by atoms with Crippen LogP contribution in [0.2, 0.25) is 0 Å². The van der Waals surface area contributed by atoms with E-state index in [1.165, 1.54) is 0 Å². The highest BCUT2D eigenvalue weighted by molar-refractivity contribution is 5.85. The lowest BCUT2D eigenvalue weighted by atomic mass is 10.0. The molecule has 1 saturated carbocycles. The maximum atomic E-state index is 6.02. The number of rotatable bonds is 5. The zero-order chi connectivity index (χ0) is 17.7. The van der Waals surface area contributed by atoms with Crippen molar-refractivity contribution in [2.24, 2.45) is 15.7 Å². The summed E-state index contributed by atoms with van der Waals surface area (Å²) in [5.74, 6) is 4.48. The first-order valence-electron chi connectivity index (χ1n) is 7.87. The van der Waals surface area contributed by atoms with Gasteiger partial charge in [0.2, 0.25) is 5.96 Å². The number of aromatic nitrogens is 1. The van der Waals surface area contributed by atoms with E-state index >= 15 is 0 Å². The Morgan fingerprint density at radius 3 is 2.79 bits per heavy atom. The quantitative estimate of drug-likeness (QED) is 0.377. The Bertz CT molecular complexity index is 723. The van der Waals surface area contributed by atoms with E-state index in [2.05, 4.69) is 46.8 Å². The fourth-order valence-corrected chi connectivity index (χ4v) is 1.98. The molecule has 1 aromatic heterocycles. The summed E-state index contributed by atoms with van der Waals surface area (Å²) in [4.78, 5) is 12.3. The first kappa shape index (κ1) is 17.5. The van der Waals surface area contributed by atoms with Crippen molar-refractivity contribution in [2.75, 3.05) is 0 Å². The van der Waals surface area contributed by atoms with Gasteiger partial charge in [-0.2, -0.15) is 4.99 Å². The van der Waals surface area contributed by atoms with E-state index in [1.807, 2.05) is 0 Å². The summed E-state index contributed by atoms with van der Waals surface area (Å²) in [6.07, 6.45) is 9.36. The van der Waals surface area contributed by atoms with Gasteiger partial charge < -0.3 is 15.8 Å². The summed E-state index contributed by atoms with van der Waals surface area (Å²) in [5, 5.41) is 3.15. The molecule has 1 aromatic rings. The molecular weight excluding hydrogens is 302 g/mol. The van der Waals surface area contributed by atoms with Gasteiger partial charge in [0, 0.05) is 23.9 Å². The molecule has 0 radical (unpaired) electrons. The second-order valence-corrected chi connectivity index (χ2v) is 5.96. The number of pyridine rings is 1. The van der Waals surface area contributed by atoms with Crippen LogP contribution in [0.5, 0.6) is 5.75 Å². The largest absolute Gasteiger partial charge is 0.458 e. The Kier molecular flexibility index (Phi) is 5.59. The van der Waals surface area contributed by atoms with Crippen LogP contribution in [-0.4, -0.2) is 23.7 Å². The van der Waals surface area contributed by atoms with Crippen molar-refractivity contribution < 1.29 is 4.74 Å². The average Bonchev–Trinajstić information content (AvgIpc) is 3.37. The molecule has 0 unspecified atom stereocenters. The van der Waals surface area contributed by atoms with Crippen molar-refractivity contribution in [3.8, 4) is 18.1 Å². The normalized spacial score (nSPS) is 15.5. The van der Waals surface area contributed by atoms with Gasteiger partial charge in [-0.15, -0.1) is 6.42 Å². The Morgan fingerprint density at radius 2 is 2.25 bits per heavy atom. The Hall–Kier alpha value is -2.81. The van der Waals surface area contributed by atoms with Crippen LogP contribution in [0.3, 0.4) is 0 Å². The third-order valence-corrected chi connectivity index (χ3v) is 3.58. The summed E-state index contributed by atoms with van der Waals surface area (Å²) in [5.41, 5.74) is 7.47. The number of allylic oxidation sites excluding steroid dienone is 1. The van der Waals surface area contributed by atoms with Crippen molar-refractivity contribution in [2.45, 2.75) is 45.6 Å². The van der Waals surface area contributed by atoms with E-state index < -0.39 is 0 Å². The SMILES string of the molecule is C#Cc1cc(O/C(C)=C(N)/N=C(\N=C)NC2CC2)c(C(C)C)cn1. The monoisotopic (exact) mass is 325 g/mol. The molecule has 0 atom stereocenters. The Morgan fingerprint density at radius 1 is 1.54 bits per heavy atom. The van der Waals surface area contributed by atoms with Gasteiger partial charge in [-0.1, -0.05) is 19.8 Å². The lowest BCUT2D eigenvalue weighted by Crippen LogP contribution is -2.24. The van der Waals surface area contributed by atoms with E-state index in [9.17, 15) is 0 Å². The van der Waals surface area contributed by atoms with Crippen LogP contribution in [0.25, 0.3) is 0 Å². The standard InChI is InChI=1S/C18H23N5O/c1-6-13-9-16(15(10-21-13)11(2)3)24-12(4)17(19)23-18(20-5)22-14-7-8-14/h1,9-11,14H,5,7-8,19H2,2-4H3,(H,22,23)/b17-12+. The molecule has 6 nitrogen and oxygen atoms in total. The van der Waals surface area contributed by atoms with Gasteiger partial charge in [0.25, 0.3) is 0 Å². The minimum atomic E-state index is 0.235. The smallest absolute Gasteiger partial charge is 0.224 e. The number of hydrogen-bond acceptors (Lipinski definition) is 4. The molecule has 0 aliphatic heterocycles. The van der Waals surface area contributed by atoms with Gasteiger partial charge in [-0.05, 0) is 32.4 Å². The van der Waals surface area contributed by atoms with Crippen LogP contribution >= 0.6 is 0 Å². The molecule has 0 saturated heterocycles. The number of nitrogens with one attached hydrogen (secondary N) is 1. The third kappa shape index (κ3) is 4.59. The molecule has 3 N–H and O–H groups in total. The number of nitrogens with zero attached hydrogens (tertiary/aromatic N) is 3. The van der Waals surface area contributed by atoms with E-state index in [-0.39, 0.29) is 11.7 Å². The average molecular weight is 325 g/mol. The first-order valence-corrected chi connectivity index (χ1v) is 7.87. The maximum absolute atomic E-state index is 6.02. The molecule has 0 amide bonds. The number of guanidine groups is 1. The zero-order valence-corrected chi connectivity index (χ0v) is 14.3. The van der Waals surface area contributed by atoms with Crippen molar-refractivity contribution in [1.82, 2.24) is 10.3 Å². The fraction of sp³-hybridized carbons (Fsp3) is 0.389. The minimum absolute atomic E-state index is 0.235. The molecule has 6 heteroatoms. The lowest BCUT2D eigenvalue weighted by Gasteiger charge is -2.14. The third-order valence-electron chi connectivity index (χ3n) is 3.58.